The SMILES string of the molecule is C=CCN1C(=O)[C@@H](CC(=O)NCc2cccs2)[C@]2(C(=O)OCC)CCCCC/C=C/12. The summed E-state index contributed by atoms with van der Waals surface area (Å²) in [5, 5.41) is 4.85. The first-order valence-corrected chi connectivity index (χ1v) is 11.5. The number of ether oxygens (including phenoxy) is 1. The lowest BCUT2D eigenvalue weighted by Crippen LogP contribution is -2.42. The predicted molar refractivity (Wildman–Crippen MR) is 116 cm³/mol. The number of hydrogen-bond acceptors (Lipinski definition) is 5. The molecular weight excluding hydrogens is 400 g/mol. The van der Waals surface area contributed by atoms with Crippen molar-refractivity contribution in [3.8, 4) is 0 Å². The number of carbonyl (C=O) groups excluding carboxylic acids is 3. The molecule has 2 atom stereocenters. The fraction of sp³-hybridized carbons (Fsp3) is 0.522. The lowest BCUT2D eigenvalue weighted by molar-refractivity contribution is -0.158. The fourth-order valence-corrected chi connectivity index (χ4v) is 5.18. The van der Waals surface area contributed by atoms with Gasteiger partial charge in [0.1, 0.15) is 5.41 Å². The molecule has 0 radical (unpaired) electrons. The summed E-state index contributed by atoms with van der Waals surface area (Å²) in [5.41, 5.74) is -0.404. The van der Waals surface area contributed by atoms with Gasteiger partial charge in [-0.25, -0.2) is 0 Å². The molecule has 30 heavy (non-hydrogen) atoms. The van der Waals surface area contributed by atoms with Gasteiger partial charge in [-0.15, -0.1) is 17.9 Å². The van der Waals surface area contributed by atoms with E-state index in [4.69, 9.17) is 4.74 Å². The molecule has 3 rings (SSSR count). The zero-order valence-corrected chi connectivity index (χ0v) is 18.3. The Balaban J connectivity index is 1.93. The minimum Gasteiger partial charge on any atom is -0.465 e. The monoisotopic (exact) mass is 430 g/mol. The number of esters is 1. The molecule has 2 heterocycles. The van der Waals surface area contributed by atoms with Crippen LogP contribution in [0.3, 0.4) is 0 Å². The molecule has 1 N–H and O–H groups in total. The number of hydrogen-bond donors (Lipinski definition) is 1. The lowest BCUT2D eigenvalue weighted by Gasteiger charge is -2.34. The summed E-state index contributed by atoms with van der Waals surface area (Å²) in [5.74, 6) is -1.58. The van der Waals surface area contributed by atoms with Crippen LogP contribution in [0.2, 0.25) is 0 Å². The highest BCUT2D eigenvalue weighted by molar-refractivity contribution is 7.09. The van der Waals surface area contributed by atoms with E-state index in [0.29, 0.717) is 25.2 Å². The minimum absolute atomic E-state index is 0.0337. The molecular formula is C23H30N2O4S. The van der Waals surface area contributed by atoms with Crippen LogP contribution in [0, 0.1) is 11.3 Å². The first-order chi connectivity index (χ1) is 14.5. The first kappa shape index (κ1) is 22.3. The maximum absolute atomic E-state index is 13.4. The highest BCUT2D eigenvalue weighted by Gasteiger charge is 2.61. The molecule has 0 saturated carbocycles. The van der Waals surface area contributed by atoms with Gasteiger partial charge in [-0.1, -0.05) is 31.1 Å². The van der Waals surface area contributed by atoms with Gasteiger partial charge in [0.25, 0.3) is 0 Å². The molecule has 1 fully saturated rings. The van der Waals surface area contributed by atoms with Crippen molar-refractivity contribution in [2.45, 2.75) is 52.0 Å². The number of rotatable bonds is 8. The third-order valence-electron chi connectivity index (χ3n) is 5.90. The molecule has 1 aromatic rings. The Morgan fingerprint density at radius 1 is 1.40 bits per heavy atom. The average Bonchev–Trinajstić information content (AvgIpc) is 3.29. The minimum atomic E-state index is -1.10. The molecule has 1 aromatic heterocycles. The smallest absolute Gasteiger partial charge is 0.318 e. The number of carbonyl (C=O) groups is 3. The summed E-state index contributed by atoms with van der Waals surface area (Å²) in [6.07, 6.45) is 7.76. The van der Waals surface area contributed by atoms with Gasteiger partial charge in [0.2, 0.25) is 11.8 Å². The van der Waals surface area contributed by atoms with Crippen LogP contribution in [-0.4, -0.2) is 35.8 Å². The molecule has 6 nitrogen and oxygen atoms in total. The van der Waals surface area contributed by atoms with Crippen LogP contribution in [0.15, 0.2) is 41.9 Å². The Bertz CT molecular complexity index is 817. The Morgan fingerprint density at radius 3 is 2.93 bits per heavy atom. The van der Waals surface area contributed by atoms with E-state index in [1.165, 1.54) is 0 Å². The van der Waals surface area contributed by atoms with E-state index in [-0.39, 0.29) is 24.8 Å². The number of likely N-dealkylation sites (tertiary alicyclic amines) is 1. The van der Waals surface area contributed by atoms with E-state index < -0.39 is 17.3 Å². The molecule has 1 aliphatic carbocycles. The Morgan fingerprint density at radius 2 is 2.23 bits per heavy atom. The number of amides is 2. The Hall–Kier alpha value is -2.41. The van der Waals surface area contributed by atoms with Crippen LogP contribution in [0.4, 0.5) is 0 Å². The molecule has 0 bridgehead atoms. The number of nitrogens with zero attached hydrogens (tertiary/aromatic N) is 1. The van der Waals surface area contributed by atoms with Crippen molar-refractivity contribution in [3.05, 3.63) is 46.8 Å². The maximum atomic E-state index is 13.4. The normalized spacial score (nSPS) is 25.5. The molecule has 162 valence electrons. The summed E-state index contributed by atoms with van der Waals surface area (Å²) in [7, 11) is 0. The van der Waals surface area contributed by atoms with Crippen molar-refractivity contribution in [1.82, 2.24) is 10.2 Å². The molecule has 2 aliphatic rings. The lowest BCUT2D eigenvalue weighted by atomic mass is 9.69. The summed E-state index contributed by atoms with van der Waals surface area (Å²) in [6, 6.07) is 3.88. The van der Waals surface area contributed by atoms with Crippen LogP contribution >= 0.6 is 11.3 Å². The van der Waals surface area contributed by atoms with Crippen LogP contribution in [0.1, 0.15) is 50.3 Å². The van der Waals surface area contributed by atoms with Gasteiger partial charge in [0.15, 0.2) is 0 Å². The second kappa shape index (κ2) is 10.1. The number of nitrogens with one attached hydrogen (secondary N) is 1. The van der Waals surface area contributed by atoms with Crippen molar-refractivity contribution in [2.75, 3.05) is 13.2 Å². The van der Waals surface area contributed by atoms with Crippen molar-refractivity contribution in [1.29, 1.82) is 0 Å². The molecule has 1 aliphatic heterocycles. The van der Waals surface area contributed by atoms with Crippen molar-refractivity contribution < 1.29 is 19.1 Å². The first-order valence-electron chi connectivity index (χ1n) is 10.6. The van der Waals surface area contributed by atoms with E-state index in [9.17, 15) is 14.4 Å². The largest absolute Gasteiger partial charge is 0.465 e. The van der Waals surface area contributed by atoms with Gasteiger partial charge >= 0.3 is 5.97 Å². The van der Waals surface area contributed by atoms with Crippen molar-refractivity contribution in [2.24, 2.45) is 11.3 Å². The number of fused-ring (bicyclic) bond motifs is 1. The van der Waals surface area contributed by atoms with Gasteiger partial charge in [-0.3, -0.25) is 14.4 Å². The molecule has 0 aromatic carbocycles. The molecule has 0 spiro atoms. The molecule has 1 saturated heterocycles. The Kier molecular flexibility index (Phi) is 7.48. The van der Waals surface area contributed by atoms with E-state index in [1.54, 1.807) is 29.2 Å². The third-order valence-corrected chi connectivity index (χ3v) is 6.78. The van der Waals surface area contributed by atoms with Gasteiger partial charge < -0.3 is 15.0 Å². The van der Waals surface area contributed by atoms with Gasteiger partial charge in [0, 0.05) is 23.5 Å². The summed E-state index contributed by atoms with van der Waals surface area (Å²) >= 11 is 1.56. The van der Waals surface area contributed by atoms with Gasteiger partial charge in [-0.2, -0.15) is 0 Å². The summed E-state index contributed by atoms with van der Waals surface area (Å²) in [6.45, 7) is 6.51. The van der Waals surface area contributed by atoms with Crippen molar-refractivity contribution in [3.63, 3.8) is 0 Å². The summed E-state index contributed by atoms with van der Waals surface area (Å²) in [4.78, 5) is 42.2. The standard InChI is InChI=1S/C23H30N2O4S/c1-3-13-25-19-11-7-5-6-8-12-23(19,22(28)29-4-2)18(21(25)27)15-20(26)24-16-17-10-9-14-30-17/h3,9-11,14,18H,1,4-8,12-13,15-16H2,2H3,(H,24,26)/b19-11+/t18-,23-/m1/s1. The highest BCUT2D eigenvalue weighted by Crippen LogP contribution is 2.52. The zero-order valence-electron chi connectivity index (χ0n) is 17.5. The van der Waals surface area contributed by atoms with Crippen LogP contribution in [-0.2, 0) is 25.7 Å². The second-order valence-electron chi connectivity index (χ2n) is 7.73. The predicted octanol–water partition coefficient (Wildman–Crippen LogP) is 3.80. The third kappa shape index (κ3) is 4.36. The van der Waals surface area contributed by atoms with E-state index in [1.807, 2.05) is 23.6 Å². The number of allylic oxidation sites excluding steroid dienone is 1. The van der Waals surface area contributed by atoms with Crippen LogP contribution < -0.4 is 5.32 Å². The molecule has 7 heteroatoms. The number of thiophene rings is 1. The maximum Gasteiger partial charge on any atom is 0.318 e. The van der Waals surface area contributed by atoms with E-state index in [0.717, 1.165) is 30.6 Å². The van der Waals surface area contributed by atoms with E-state index >= 15 is 0 Å². The zero-order chi connectivity index (χ0) is 21.6. The van der Waals surface area contributed by atoms with E-state index in [2.05, 4.69) is 11.9 Å². The topological polar surface area (TPSA) is 75.7 Å². The molecule has 0 unspecified atom stereocenters. The van der Waals surface area contributed by atoms with Gasteiger partial charge in [0.05, 0.1) is 19.1 Å². The van der Waals surface area contributed by atoms with Gasteiger partial charge in [-0.05, 0) is 37.6 Å². The fourth-order valence-electron chi connectivity index (χ4n) is 4.54. The quantitative estimate of drug-likeness (QED) is 0.503. The average molecular weight is 431 g/mol. The summed E-state index contributed by atoms with van der Waals surface area (Å²) < 4.78 is 5.47. The van der Waals surface area contributed by atoms with Crippen LogP contribution in [0.25, 0.3) is 0 Å². The second-order valence-corrected chi connectivity index (χ2v) is 8.76. The molecule has 2 amide bonds. The highest BCUT2D eigenvalue weighted by atomic mass is 32.1. The van der Waals surface area contributed by atoms with Crippen molar-refractivity contribution >= 4 is 29.1 Å². The van der Waals surface area contributed by atoms with Crippen LogP contribution in [0.5, 0.6) is 0 Å². The Labute approximate surface area is 182 Å².